The Morgan fingerprint density at radius 2 is 1.87 bits per heavy atom. The van der Waals surface area contributed by atoms with Gasteiger partial charge in [-0.1, -0.05) is 12.1 Å². The van der Waals surface area contributed by atoms with Crippen molar-refractivity contribution in [3.8, 4) is 0 Å². The molecule has 0 atom stereocenters. The molecule has 3 aromatic rings. The summed E-state index contributed by atoms with van der Waals surface area (Å²) in [6, 6.07) is 12.2. The number of hydrogen-bond donors (Lipinski definition) is 3. The van der Waals surface area contributed by atoms with Gasteiger partial charge in [-0.25, -0.2) is 4.79 Å². The molecule has 3 amide bonds. The van der Waals surface area contributed by atoms with E-state index in [0.29, 0.717) is 35.7 Å². The lowest BCUT2D eigenvalue weighted by atomic mass is 10.2. The minimum atomic E-state index is -0.295. The number of anilines is 3. The third-order valence-corrected chi connectivity index (χ3v) is 5.21. The zero-order chi connectivity index (χ0) is 22.2. The van der Waals surface area contributed by atoms with Crippen molar-refractivity contribution in [2.75, 3.05) is 43.6 Å². The van der Waals surface area contributed by atoms with Gasteiger partial charge in [0.25, 0.3) is 5.91 Å². The van der Waals surface area contributed by atoms with E-state index in [2.05, 4.69) is 15.6 Å². The number of para-hydroxylation sites is 2. The molecule has 162 valence electrons. The van der Waals surface area contributed by atoms with E-state index in [0.717, 1.165) is 12.2 Å². The molecule has 0 fully saturated rings. The van der Waals surface area contributed by atoms with Gasteiger partial charge < -0.3 is 26.2 Å². The third kappa shape index (κ3) is 6.53. The van der Waals surface area contributed by atoms with Crippen LogP contribution in [0.1, 0.15) is 16.1 Å². The predicted octanol–water partition coefficient (Wildman–Crippen LogP) is 3.57. The molecular formula is C22H26N6O2S. The number of urea groups is 1. The van der Waals surface area contributed by atoms with E-state index >= 15 is 0 Å². The number of carbonyl (C=O) groups is 2. The van der Waals surface area contributed by atoms with Crippen LogP contribution in [0.3, 0.4) is 0 Å². The monoisotopic (exact) mass is 438 g/mol. The van der Waals surface area contributed by atoms with Crippen LogP contribution in [0.15, 0.2) is 59.4 Å². The summed E-state index contributed by atoms with van der Waals surface area (Å²) in [7, 11) is 3.92. The van der Waals surface area contributed by atoms with Crippen LogP contribution in [-0.2, 0) is 6.54 Å². The van der Waals surface area contributed by atoms with Crippen molar-refractivity contribution in [2.24, 2.45) is 0 Å². The van der Waals surface area contributed by atoms with Crippen molar-refractivity contribution in [3.63, 3.8) is 0 Å². The molecule has 1 aromatic carbocycles. The second kappa shape index (κ2) is 10.6. The van der Waals surface area contributed by atoms with E-state index in [4.69, 9.17) is 5.73 Å². The maximum absolute atomic E-state index is 12.7. The zero-order valence-electron chi connectivity index (χ0n) is 17.5. The first kappa shape index (κ1) is 22.3. The maximum atomic E-state index is 12.7. The molecule has 2 heterocycles. The smallest absolute Gasteiger partial charge is 0.322 e. The van der Waals surface area contributed by atoms with Crippen molar-refractivity contribution in [1.82, 2.24) is 14.8 Å². The van der Waals surface area contributed by atoms with Crippen LogP contribution in [0.5, 0.6) is 0 Å². The van der Waals surface area contributed by atoms with Gasteiger partial charge in [0.2, 0.25) is 0 Å². The summed E-state index contributed by atoms with van der Waals surface area (Å²) in [6.07, 6.45) is 1.50. The quantitative estimate of drug-likeness (QED) is 0.467. The predicted molar refractivity (Wildman–Crippen MR) is 125 cm³/mol. The largest absolute Gasteiger partial charge is 0.397 e. The minimum Gasteiger partial charge on any atom is -0.397 e. The molecule has 2 aromatic heterocycles. The Labute approximate surface area is 185 Å². The highest BCUT2D eigenvalue weighted by molar-refractivity contribution is 7.08. The van der Waals surface area contributed by atoms with Gasteiger partial charge in [-0.05, 0) is 49.8 Å². The first-order valence-corrected chi connectivity index (χ1v) is 10.7. The average Bonchev–Trinajstić information content (AvgIpc) is 3.26. The number of nitrogens with two attached hydrogens (primary N) is 1. The van der Waals surface area contributed by atoms with Crippen LogP contribution in [0.2, 0.25) is 0 Å². The van der Waals surface area contributed by atoms with Crippen LogP contribution in [0.4, 0.5) is 21.9 Å². The topological polar surface area (TPSA) is 104 Å². The Hall–Kier alpha value is -3.43. The second-order valence-corrected chi connectivity index (χ2v) is 8.03. The summed E-state index contributed by atoms with van der Waals surface area (Å²) >= 11 is 1.52. The lowest BCUT2D eigenvalue weighted by Crippen LogP contribution is -2.39. The van der Waals surface area contributed by atoms with Crippen molar-refractivity contribution in [1.29, 1.82) is 0 Å². The molecule has 0 spiro atoms. The number of pyridine rings is 1. The molecule has 0 aliphatic carbocycles. The first-order valence-electron chi connectivity index (χ1n) is 9.76. The zero-order valence-corrected chi connectivity index (χ0v) is 18.4. The summed E-state index contributed by atoms with van der Waals surface area (Å²) in [5.74, 6) is -0.295. The van der Waals surface area contributed by atoms with Gasteiger partial charge in [0.1, 0.15) is 0 Å². The molecule has 0 aliphatic heterocycles. The normalized spacial score (nSPS) is 10.7. The fourth-order valence-electron chi connectivity index (χ4n) is 2.76. The van der Waals surface area contributed by atoms with Gasteiger partial charge in [0, 0.05) is 24.7 Å². The highest BCUT2D eigenvalue weighted by Crippen LogP contribution is 2.18. The Kier molecular flexibility index (Phi) is 7.58. The van der Waals surface area contributed by atoms with Gasteiger partial charge in [0.15, 0.2) is 0 Å². The van der Waals surface area contributed by atoms with E-state index < -0.39 is 0 Å². The lowest BCUT2D eigenvalue weighted by molar-refractivity contribution is 0.102. The standard InChI is InChI=1S/C22H26N6O2S/c1-27(2)10-11-28(22(30)25-18-9-12-31-15-18)14-17-8-7-16(13-24-17)21(29)26-20-6-4-3-5-19(20)23/h3-9,12-13,15H,10-11,14,23H2,1-2H3,(H,25,30)(H,26,29). The number of benzene rings is 1. The summed E-state index contributed by atoms with van der Waals surface area (Å²) in [6.45, 7) is 1.59. The van der Waals surface area contributed by atoms with Gasteiger partial charge in [-0.15, -0.1) is 0 Å². The van der Waals surface area contributed by atoms with Crippen molar-refractivity contribution < 1.29 is 9.59 Å². The number of amides is 3. The highest BCUT2D eigenvalue weighted by atomic mass is 32.1. The fraction of sp³-hybridized carbons (Fsp3) is 0.227. The molecule has 31 heavy (non-hydrogen) atoms. The van der Waals surface area contributed by atoms with Crippen molar-refractivity contribution in [3.05, 3.63) is 70.7 Å². The number of rotatable bonds is 8. The SMILES string of the molecule is CN(C)CCN(Cc1ccc(C(=O)Nc2ccccc2N)cn1)C(=O)Nc1ccsc1. The van der Waals surface area contributed by atoms with Crippen molar-refractivity contribution in [2.45, 2.75) is 6.54 Å². The highest BCUT2D eigenvalue weighted by Gasteiger charge is 2.16. The second-order valence-electron chi connectivity index (χ2n) is 7.25. The molecular weight excluding hydrogens is 412 g/mol. The summed E-state index contributed by atoms with van der Waals surface area (Å²) in [5.41, 5.74) is 8.79. The van der Waals surface area contributed by atoms with E-state index in [-0.39, 0.29) is 11.9 Å². The summed E-state index contributed by atoms with van der Waals surface area (Å²) in [5, 5.41) is 9.48. The molecule has 4 N–H and O–H groups in total. The third-order valence-electron chi connectivity index (χ3n) is 4.53. The summed E-state index contributed by atoms with van der Waals surface area (Å²) in [4.78, 5) is 33.3. The molecule has 0 bridgehead atoms. The average molecular weight is 439 g/mol. The number of nitrogens with one attached hydrogen (secondary N) is 2. The van der Waals surface area contributed by atoms with Crippen LogP contribution in [0.25, 0.3) is 0 Å². The molecule has 8 nitrogen and oxygen atoms in total. The van der Waals surface area contributed by atoms with Crippen molar-refractivity contribution >= 4 is 40.3 Å². The van der Waals surface area contributed by atoms with E-state index in [9.17, 15) is 9.59 Å². The number of carbonyl (C=O) groups excluding carboxylic acids is 2. The lowest BCUT2D eigenvalue weighted by Gasteiger charge is -2.24. The number of thiophene rings is 1. The van der Waals surface area contributed by atoms with Crippen LogP contribution < -0.4 is 16.4 Å². The Morgan fingerprint density at radius 1 is 1.06 bits per heavy atom. The molecule has 0 aliphatic rings. The number of likely N-dealkylation sites (N-methyl/N-ethyl adjacent to an activating group) is 1. The van der Waals surface area contributed by atoms with Gasteiger partial charge in [-0.3, -0.25) is 9.78 Å². The van der Waals surface area contributed by atoms with Gasteiger partial charge >= 0.3 is 6.03 Å². The maximum Gasteiger partial charge on any atom is 0.322 e. The molecule has 9 heteroatoms. The Bertz CT molecular complexity index is 1010. The Morgan fingerprint density at radius 3 is 2.52 bits per heavy atom. The van der Waals surface area contributed by atoms with Crippen LogP contribution in [0, 0.1) is 0 Å². The van der Waals surface area contributed by atoms with Gasteiger partial charge in [0.05, 0.1) is 34.9 Å². The Balaban J connectivity index is 1.66. The van der Waals surface area contributed by atoms with E-state index in [1.807, 2.05) is 35.8 Å². The van der Waals surface area contributed by atoms with E-state index in [1.54, 1.807) is 41.3 Å². The number of nitrogens with zero attached hydrogens (tertiary/aromatic N) is 3. The number of nitrogen functional groups attached to an aromatic ring is 1. The first-order chi connectivity index (χ1) is 14.9. The number of aromatic nitrogens is 1. The minimum absolute atomic E-state index is 0.191. The van der Waals surface area contributed by atoms with Gasteiger partial charge in [-0.2, -0.15) is 11.3 Å². The number of hydrogen-bond acceptors (Lipinski definition) is 6. The van der Waals surface area contributed by atoms with Crippen LogP contribution >= 0.6 is 11.3 Å². The molecule has 0 saturated heterocycles. The molecule has 0 radical (unpaired) electrons. The van der Waals surface area contributed by atoms with E-state index in [1.165, 1.54) is 17.5 Å². The molecule has 3 rings (SSSR count). The fourth-order valence-corrected chi connectivity index (χ4v) is 3.35. The summed E-state index contributed by atoms with van der Waals surface area (Å²) < 4.78 is 0. The van der Waals surface area contributed by atoms with Crippen LogP contribution in [-0.4, -0.2) is 53.9 Å². The molecule has 0 unspecified atom stereocenters. The molecule has 0 saturated carbocycles.